The molecule has 2 N–H and O–H groups in total. The molecule has 0 unspecified atom stereocenters. The highest BCUT2D eigenvalue weighted by molar-refractivity contribution is 5.84. The fourth-order valence-electron chi connectivity index (χ4n) is 0.985. The van der Waals surface area contributed by atoms with Crippen LogP contribution in [0.2, 0.25) is 0 Å². The molecule has 0 aliphatic rings. The SMILES string of the molecule is CNCCC=Cc1ccc(C(=O)O)o1. The van der Waals surface area contributed by atoms with Gasteiger partial charge in [0, 0.05) is 0 Å². The van der Waals surface area contributed by atoms with Crippen LogP contribution in [0.15, 0.2) is 22.6 Å². The van der Waals surface area contributed by atoms with Crippen LogP contribution in [-0.2, 0) is 0 Å². The Bertz CT molecular complexity index is 328. The highest BCUT2D eigenvalue weighted by Crippen LogP contribution is 2.09. The Morgan fingerprint density at radius 1 is 1.64 bits per heavy atom. The van der Waals surface area contributed by atoms with Crippen LogP contribution in [0.1, 0.15) is 22.7 Å². The standard InChI is InChI=1S/C10H13NO3/c1-11-7-3-2-4-8-5-6-9(14-8)10(12)13/h2,4-6,11H,3,7H2,1H3,(H,12,13). The van der Waals surface area contributed by atoms with Gasteiger partial charge in [-0.2, -0.15) is 0 Å². The number of aromatic carboxylic acids is 1. The summed E-state index contributed by atoms with van der Waals surface area (Å²) in [4.78, 5) is 10.5. The quantitative estimate of drug-likeness (QED) is 0.700. The number of rotatable bonds is 5. The van der Waals surface area contributed by atoms with E-state index >= 15 is 0 Å². The lowest BCUT2D eigenvalue weighted by molar-refractivity contribution is 0.0662. The summed E-state index contributed by atoms with van der Waals surface area (Å²) >= 11 is 0. The summed E-state index contributed by atoms with van der Waals surface area (Å²) in [5.74, 6) is -0.503. The molecule has 4 heteroatoms. The van der Waals surface area contributed by atoms with Crippen molar-refractivity contribution < 1.29 is 14.3 Å². The van der Waals surface area contributed by atoms with Crippen LogP contribution < -0.4 is 5.32 Å². The van der Waals surface area contributed by atoms with Gasteiger partial charge in [0.05, 0.1) is 0 Å². The Balaban J connectivity index is 2.51. The molecule has 0 atom stereocenters. The van der Waals surface area contributed by atoms with Gasteiger partial charge in [-0.3, -0.25) is 0 Å². The van der Waals surface area contributed by atoms with Crippen LogP contribution in [-0.4, -0.2) is 24.7 Å². The molecule has 76 valence electrons. The van der Waals surface area contributed by atoms with Crippen molar-refractivity contribution in [1.82, 2.24) is 5.32 Å². The molecule has 14 heavy (non-hydrogen) atoms. The molecule has 0 amide bonds. The Morgan fingerprint density at radius 3 is 3.00 bits per heavy atom. The molecular weight excluding hydrogens is 182 g/mol. The third-order valence-electron chi connectivity index (χ3n) is 1.68. The molecular formula is C10H13NO3. The van der Waals surface area contributed by atoms with E-state index in [2.05, 4.69) is 5.32 Å². The maximum atomic E-state index is 10.5. The van der Waals surface area contributed by atoms with Gasteiger partial charge in [0.15, 0.2) is 0 Å². The zero-order chi connectivity index (χ0) is 10.4. The predicted molar refractivity (Wildman–Crippen MR) is 53.2 cm³/mol. The maximum absolute atomic E-state index is 10.5. The minimum absolute atomic E-state index is 0.0294. The van der Waals surface area contributed by atoms with Crippen LogP contribution in [0.4, 0.5) is 0 Å². The Morgan fingerprint density at radius 2 is 2.43 bits per heavy atom. The first-order valence-electron chi connectivity index (χ1n) is 4.38. The Hall–Kier alpha value is -1.55. The van der Waals surface area contributed by atoms with Gasteiger partial charge in [-0.1, -0.05) is 6.08 Å². The first-order chi connectivity index (χ1) is 6.74. The largest absolute Gasteiger partial charge is 0.475 e. The lowest BCUT2D eigenvalue weighted by Crippen LogP contribution is -2.05. The topological polar surface area (TPSA) is 62.5 Å². The monoisotopic (exact) mass is 195 g/mol. The second-order valence-electron chi connectivity index (χ2n) is 2.80. The number of carbonyl (C=O) groups is 1. The van der Waals surface area contributed by atoms with Crippen molar-refractivity contribution in [2.75, 3.05) is 13.6 Å². The molecule has 4 nitrogen and oxygen atoms in total. The van der Waals surface area contributed by atoms with Gasteiger partial charge in [-0.25, -0.2) is 4.79 Å². The first kappa shape index (κ1) is 10.5. The molecule has 1 rings (SSSR count). The van der Waals surface area contributed by atoms with E-state index in [0.29, 0.717) is 5.76 Å². The number of carboxylic acid groups (broad SMARTS) is 1. The highest BCUT2D eigenvalue weighted by atomic mass is 16.4. The lowest BCUT2D eigenvalue weighted by Gasteiger charge is -1.90. The molecule has 1 heterocycles. The van der Waals surface area contributed by atoms with Crippen LogP contribution in [0.25, 0.3) is 6.08 Å². The van der Waals surface area contributed by atoms with Gasteiger partial charge in [-0.15, -0.1) is 0 Å². The van der Waals surface area contributed by atoms with Gasteiger partial charge in [0.25, 0.3) is 0 Å². The molecule has 0 spiro atoms. The number of carboxylic acids is 1. The van der Waals surface area contributed by atoms with Crippen LogP contribution in [0, 0.1) is 0 Å². The smallest absolute Gasteiger partial charge is 0.371 e. The highest BCUT2D eigenvalue weighted by Gasteiger charge is 2.06. The van der Waals surface area contributed by atoms with Crippen molar-refractivity contribution in [3.63, 3.8) is 0 Å². The average molecular weight is 195 g/mol. The molecule has 0 aliphatic carbocycles. The maximum Gasteiger partial charge on any atom is 0.371 e. The minimum Gasteiger partial charge on any atom is -0.475 e. The molecule has 0 aromatic carbocycles. The number of hydrogen-bond donors (Lipinski definition) is 2. The second kappa shape index (κ2) is 5.24. The molecule has 1 aromatic heterocycles. The number of nitrogens with one attached hydrogen (secondary N) is 1. The van der Waals surface area contributed by atoms with E-state index in [-0.39, 0.29) is 5.76 Å². The summed E-state index contributed by atoms with van der Waals surface area (Å²) in [5.41, 5.74) is 0. The molecule has 0 aliphatic heterocycles. The molecule has 0 fully saturated rings. The van der Waals surface area contributed by atoms with Gasteiger partial charge < -0.3 is 14.8 Å². The molecule has 0 radical (unpaired) electrons. The fraction of sp³-hybridized carbons (Fsp3) is 0.300. The molecule has 0 saturated heterocycles. The van der Waals surface area contributed by atoms with Crippen LogP contribution >= 0.6 is 0 Å². The third kappa shape index (κ3) is 3.06. The second-order valence-corrected chi connectivity index (χ2v) is 2.80. The van der Waals surface area contributed by atoms with E-state index in [0.717, 1.165) is 13.0 Å². The normalized spacial score (nSPS) is 10.9. The summed E-state index contributed by atoms with van der Waals surface area (Å²) in [6.45, 7) is 0.892. The van der Waals surface area contributed by atoms with Crippen molar-refractivity contribution in [2.24, 2.45) is 0 Å². The van der Waals surface area contributed by atoms with E-state index < -0.39 is 5.97 Å². The van der Waals surface area contributed by atoms with Crippen molar-refractivity contribution in [1.29, 1.82) is 0 Å². The lowest BCUT2D eigenvalue weighted by atomic mass is 10.3. The third-order valence-corrected chi connectivity index (χ3v) is 1.68. The summed E-state index contributed by atoms with van der Waals surface area (Å²) in [5, 5.41) is 11.6. The molecule has 1 aromatic rings. The first-order valence-corrected chi connectivity index (χ1v) is 4.38. The van der Waals surface area contributed by atoms with E-state index in [4.69, 9.17) is 9.52 Å². The van der Waals surface area contributed by atoms with Crippen molar-refractivity contribution >= 4 is 12.0 Å². The summed E-state index contributed by atoms with van der Waals surface area (Å²) in [7, 11) is 1.88. The fourth-order valence-corrected chi connectivity index (χ4v) is 0.985. The zero-order valence-electron chi connectivity index (χ0n) is 7.99. The number of furan rings is 1. The van der Waals surface area contributed by atoms with Gasteiger partial charge in [-0.05, 0) is 38.2 Å². The average Bonchev–Trinajstić information content (AvgIpc) is 2.61. The van der Waals surface area contributed by atoms with Crippen LogP contribution in [0.5, 0.6) is 0 Å². The van der Waals surface area contributed by atoms with E-state index in [9.17, 15) is 4.79 Å². The van der Waals surface area contributed by atoms with Crippen molar-refractivity contribution in [3.8, 4) is 0 Å². The molecule has 0 bridgehead atoms. The number of hydrogen-bond acceptors (Lipinski definition) is 3. The van der Waals surface area contributed by atoms with E-state index in [1.54, 1.807) is 12.1 Å². The van der Waals surface area contributed by atoms with E-state index in [1.165, 1.54) is 6.07 Å². The van der Waals surface area contributed by atoms with Crippen molar-refractivity contribution in [3.05, 3.63) is 29.7 Å². The van der Waals surface area contributed by atoms with Crippen molar-refractivity contribution in [2.45, 2.75) is 6.42 Å². The Kier molecular flexibility index (Phi) is 3.94. The van der Waals surface area contributed by atoms with Gasteiger partial charge in [0.1, 0.15) is 5.76 Å². The van der Waals surface area contributed by atoms with Gasteiger partial charge in [0.2, 0.25) is 5.76 Å². The Labute approximate surface area is 82.2 Å². The zero-order valence-corrected chi connectivity index (χ0v) is 7.99. The van der Waals surface area contributed by atoms with E-state index in [1.807, 2.05) is 13.1 Å². The predicted octanol–water partition coefficient (Wildman–Crippen LogP) is 1.60. The minimum atomic E-state index is -1.04. The summed E-state index contributed by atoms with van der Waals surface area (Å²) in [6.07, 6.45) is 4.59. The van der Waals surface area contributed by atoms with Crippen LogP contribution in [0.3, 0.4) is 0 Å². The summed E-state index contributed by atoms with van der Waals surface area (Å²) < 4.78 is 5.02. The molecule has 0 saturated carbocycles. The van der Waals surface area contributed by atoms with Gasteiger partial charge >= 0.3 is 5.97 Å². The summed E-state index contributed by atoms with van der Waals surface area (Å²) in [6, 6.07) is 3.08.